The molecule has 1 aromatic carbocycles. The van der Waals surface area contributed by atoms with Crippen LogP contribution >= 0.6 is 0 Å². The molecule has 0 bridgehead atoms. The zero-order valence-corrected chi connectivity index (χ0v) is 16.1. The van der Waals surface area contributed by atoms with Crippen LogP contribution in [0.4, 0.5) is 0 Å². The van der Waals surface area contributed by atoms with E-state index in [2.05, 4.69) is 9.97 Å². The summed E-state index contributed by atoms with van der Waals surface area (Å²) in [5.74, 6) is 0.406. The molecular weight excluding hydrogens is 352 g/mol. The van der Waals surface area contributed by atoms with Crippen molar-refractivity contribution < 1.29 is 9.59 Å². The minimum absolute atomic E-state index is 0.0414. The van der Waals surface area contributed by atoms with E-state index in [9.17, 15) is 9.59 Å². The van der Waals surface area contributed by atoms with Gasteiger partial charge in [0.1, 0.15) is 6.33 Å². The average Bonchev–Trinajstić information content (AvgIpc) is 2.79. The number of piperidine rings is 2. The molecule has 2 aromatic rings. The molecule has 0 atom stereocenters. The molecule has 0 unspecified atom stereocenters. The maximum atomic E-state index is 12.8. The minimum atomic E-state index is 0.0414. The Hall–Kier alpha value is -2.76. The van der Waals surface area contributed by atoms with Crippen molar-refractivity contribution in [2.75, 3.05) is 26.2 Å². The standard InChI is InChI=1S/C22H26N4O2/c27-21(18-6-4-17(5-7-18)20-14-23-16-24-15-20)26-12-8-19(9-13-26)22(28)25-10-2-1-3-11-25/h4-7,14-16,19H,1-3,8-13H2. The summed E-state index contributed by atoms with van der Waals surface area (Å²) in [6.07, 6.45) is 10.0. The first-order valence-electron chi connectivity index (χ1n) is 10.2. The number of aromatic nitrogens is 2. The van der Waals surface area contributed by atoms with Gasteiger partial charge in [-0.2, -0.15) is 0 Å². The highest BCUT2D eigenvalue weighted by Gasteiger charge is 2.30. The van der Waals surface area contributed by atoms with E-state index >= 15 is 0 Å². The first kappa shape index (κ1) is 18.6. The van der Waals surface area contributed by atoms with Crippen molar-refractivity contribution in [3.8, 4) is 11.1 Å². The van der Waals surface area contributed by atoms with Crippen molar-refractivity contribution in [1.29, 1.82) is 0 Å². The molecule has 0 aliphatic carbocycles. The third kappa shape index (κ3) is 4.06. The molecule has 28 heavy (non-hydrogen) atoms. The van der Waals surface area contributed by atoms with Gasteiger partial charge < -0.3 is 9.80 Å². The van der Waals surface area contributed by atoms with Gasteiger partial charge in [0.25, 0.3) is 5.91 Å². The Morgan fingerprint density at radius 1 is 0.786 bits per heavy atom. The summed E-state index contributed by atoms with van der Waals surface area (Å²) < 4.78 is 0. The summed E-state index contributed by atoms with van der Waals surface area (Å²) in [6, 6.07) is 7.57. The van der Waals surface area contributed by atoms with E-state index in [1.807, 2.05) is 34.1 Å². The quantitative estimate of drug-likeness (QED) is 0.823. The van der Waals surface area contributed by atoms with Gasteiger partial charge in [0.2, 0.25) is 5.91 Å². The second-order valence-corrected chi connectivity index (χ2v) is 7.66. The van der Waals surface area contributed by atoms with Crippen molar-refractivity contribution >= 4 is 11.8 Å². The number of carbonyl (C=O) groups is 2. The molecule has 2 aliphatic rings. The van der Waals surface area contributed by atoms with Crippen LogP contribution in [0.1, 0.15) is 42.5 Å². The predicted octanol–water partition coefficient (Wildman–Crippen LogP) is 3.01. The molecule has 4 rings (SSSR count). The molecule has 0 saturated carbocycles. The van der Waals surface area contributed by atoms with Crippen LogP contribution in [0.3, 0.4) is 0 Å². The minimum Gasteiger partial charge on any atom is -0.342 e. The van der Waals surface area contributed by atoms with Crippen LogP contribution in [0.25, 0.3) is 11.1 Å². The van der Waals surface area contributed by atoms with Gasteiger partial charge in [0.05, 0.1) is 0 Å². The lowest BCUT2D eigenvalue weighted by molar-refractivity contribution is -0.137. The largest absolute Gasteiger partial charge is 0.342 e. The molecule has 2 saturated heterocycles. The van der Waals surface area contributed by atoms with Gasteiger partial charge in [-0.1, -0.05) is 12.1 Å². The van der Waals surface area contributed by atoms with E-state index in [0.29, 0.717) is 24.6 Å². The Labute approximate surface area is 165 Å². The van der Waals surface area contributed by atoms with E-state index < -0.39 is 0 Å². The van der Waals surface area contributed by atoms with Crippen LogP contribution in [0, 0.1) is 5.92 Å². The summed E-state index contributed by atoms with van der Waals surface area (Å²) in [6.45, 7) is 3.10. The van der Waals surface area contributed by atoms with Gasteiger partial charge in [-0.05, 0) is 49.8 Å². The number of nitrogens with zero attached hydrogens (tertiary/aromatic N) is 4. The fourth-order valence-corrected chi connectivity index (χ4v) is 4.14. The van der Waals surface area contributed by atoms with Crippen molar-refractivity contribution in [2.24, 2.45) is 5.92 Å². The van der Waals surface area contributed by atoms with Gasteiger partial charge >= 0.3 is 0 Å². The molecule has 6 nitrogen and oxygen atoms in total. The average molecular weight is 378 g/mol. The molecular formula is C22H26N4O2. The summed E-state index contributed by atoms with van der Waals surface area (Å²) in [5, 5.41) is 0. The molecule has 2 amide bonds. The first-order chi connectivity index (χ1) is 13.7. The number of likely N-dealkylation sites (tertiary alicyclic amines) is 2. The maximum Gasteiger partial charge on any atom is 0.253 e. The van der Waals surface area contributed by atoms with Crippen molar-refractivity contribution in [3.05, 3.63) is 48.5 Å². The van der Waals surface area contributed by atoms with Gasteiger partial charge in [-0.3, -0.25) is 9.59 Å². The van der Waals surface area contributed by atoms with Gasteiger partial charge in [0, 0.05) is 55.6 Å². The highest BCUT2D eigenvalue weighted by atomic mass is 16.2. The molecule has 3 heterocycles. The lowest BCUT2D eigenvalue weighted by atomic mass is 9.94. The number of rotatable bonds is 3. The number of carbonyl (C=O) groups excluding carboxylic acids is 2. The van der Waals surface area contributed by atoms with Crippen LogP contribution in [-0.4, -0.2) is 57.8 Å². The number of hydrogen-bond donors (Lipinski definition) is 0. The molecule has 0 N–H and O–H groups in total. The molecule has 1 aromatic heterocycles. The second-order valence-electron chi connectivity index (χ2n) is 7.66. The van der Waals surface area contributed by atoms with E-state index in [0.717, 1.165) is 49.9 Å². The predicted molar refractivity (Wildman–Crippen MR) is 107 cm³/mol. The number of hydrogen-bond acceptors (Lipinski definition) is 4. The maximum absolute atomic E-state index is 12.8. The highest BCUT2D eigenvalue weighted by molar-refractivity contribution is 5.95. The van der Waals surface area contributed by atoms with Gasteiger partial charge in [-0.15, -0.1) is 0 Å². The fraction of sp³-hybridized carbons (Fsp3) is 0.455. The third-order valence-corrected chi connectivity index (χ3v) is 5.82. The van der Waals surface area contributed by atoms with Gasteiger partial charge in [0.15, 0.2) is 0 Å². The van der Waals surface area contributed by atoms with E-state index in [4.69, 9.17) is 0 Å². The molecule has 2 fully saturated rings. The van der Waals surface area contributed by atoms with Crippen LogP contribution < -0.4 is 0 Å². The summed E-state index contributed by atoms with van der Waals surface area (Å²) in [5.41, 5.74) is 2.60. The SMILES string of the molecule is O=C(c1ccc(-c2cncnc2)cc1)N1CCC(C(=O)N2CCCCC2)CC1. The third-order valence-electron chi connectivity index (χ3n) is 5.82. The lowest BCUT2D eigenvalue weighted by Gasteiger charge is -2.35. The van der Waals surface area contributed by atoms with E-state index in [1.54, 1.807) is 12.4 Å². The molecule has 0 spiro atoms. The zero-order chi connectivity index (χ0) is 19.3. The Kier molecular flexibility index (Phi) is 5.65. The van der Waals surface area contributed by atoms with Crippen molar-refractivity contribution in [3.63, 3.8) is 0 Å². The van der Waals surface area contributed by atoms with Crippen LogP contribution in [0.2, 0.25) is 0 Å². The summed E-state index contributed by atoms with van der Waals surface area (Å²) in [4.78, 5) is 37.5. The highest BCUT2D eigenvalue weighted by Crippen LogP contribution is 2.24. The molecule has 146 valence electrons. The van der Waals surface area contributed by atoms with Crippen molar-refractivity contribution in [2.45, 2.75) is 32.1 Å². The number of benzene rings is 1. The van der Waals surface area contributed by atoms with E-state index in [1.165, 1.54) is 12.7 Å². The van der Waals surface area contributed by atoms with E-state index in [-0.39, 0.29) is 11.8 Å². The van der Waals surface area contributed by atoms with Gasteiger partial charge in [-0.25, -0.2) is 9.97 Å². The Balaban J connectivity index is 1.34. The van der Waals surface area contributed by atoms with Crippen LogP contribution in [-0.2, 0) is 4.79 Å². The Bertz CT molecular complexity index is 808. The lowest BCUT2D eigenvalue weighted by Crippen LogP contribution is -2.45. The fourth-order valence-electron chi connectivity index (χ4n) is 4.14. The van der Waals surface area contributed by atoms with Crippen LogP contribution in [0.15, 0.2) is 43.0 Å². The molecule has 6 heteroatoms. The normalized spacial score (nSPS) is 18.1. The monoisotopic (exact) mass is 378 g/mol. The Morgan fingerprint density at radius 3 is 2.07 bits per heavy atom. The zero-order valence-electron chi connectivity index (χ0n) is 16.1. The smallest absolute Gasteiger partial charge is 0.253 e. The second kappa shape index (κ2) is 8.50. The summed E-state index contributed by atoms with van der Waals surface area (Å²) in [7, 11) is 0. The topological polar surface area (TPSA) is 66.4 Å². The first-order valence-corrected chi connectivity index (χ1v) is 10.2. The van der Waals surface area contributed by atoms with Crippen LogP contribution in [0.5, 0.6) is 0 Å². The molecule has 2 aliphatic heterocycles. The number of amides is 2. The summed E-state index contributed by atoms with van der Waals surface area (Å²) >= 11 is 0. The van der Waals surface area contributed by atoms with Crippen molar-refractivity contribution in [1.82, 2.24) is 19.8 Å². The Morgan fingerprint density at radius 2 is 1.43 bits per heavy atom. The molecule has 0 radical (unpaired) electrons.